The first-order valence-corrected chi connectivity index (χ1v) is 7.30. The lowest BCUT2D eigenvalue weighted by atomic mass is 10.2. The van der Waals surface area contributed by atoms with E-state index < -0.39 is 0 Å². The van der Waals surface area contributed by atoms with Crippen molar-refractivity contribution in [1.82, 2.24) is 15.1 Å². The fraction of sp³-hybridized carbons (Fsp3) is 1.00. The molecule has 1 heterocycles. The maximum absolute atomic E-state index is 3.51. The van der Waals surface area contributed by atoms with Crippen LogP contribution >= 0.6 is 0 Å². The van der Waals surface area contributed by atoms with Crippen molar-refractivity contribution in [2.45, 2.75) is 33.1 Å². The number of unbranched alkanes of at least 4 members (excludes halogenated alkanes) is 2. The zero-order valence-electron chi connectivity index (χ0n) is 12.0. The number of hydrogen-bond acceptors (Lipinski definition) is 3. The van der Waals surface area contributed by atoms with Gasteiger partial charge in [0.1, 0.15) is 0 Å². The van der Waals surface area contributed by atoms with Gasteiger partial charge >= 0.3 is 0 Å². The number of hydrogen-bond donors (Lipinski definition) is 1. The molecule has 0 aromatic heterocycles. The van der Waals surface area contributed by atoms with Crippen LogP contribution < -0.4 is 5.32 Å². The summed E-state index contributed by atoms with van der Waals surface area (Å²) in [4.78, 5) is 5.04. The molecule has 0 saturated carbocycles. The molecule has 0 aromatic carbocycles. The Morgan fingerprint density at radius 3 is 2.35 bits per heavy atom. The number of nitrogens with one attached hydrogen (secondary N) is 1. The molecule has 102 valence electrons. The van der Waals surface area contributed by atoms with Gasteiger partial charge in [-0.2, -0.15) is 0 Å². The van der Waals surface area contributed by atoms with E-state index in [1.54, 1.807) is 0 Å². The van der Waals surface area contributed by atoms with E-state index in [0.29, 0.717) is 0 Å². The van der Waals surface area contributed by atoms with Crippen molar-refractivity contribution < 1.29 is 0 Å². The van der Waals surface area contributed by atoms with Crippen molar-refractivity contribution in [3.63, 3.8) is 0 Å². The zero-order chi connectivity index (χ0) is 12.5. The number of piperazine rings is 1. The molecule has 0 bridgehead atoms. The van der Waals surface area contributed by atoms with Gasteiger partial charge < -0.3 is 15.1 Å². The zero-order valence-corrected chi connectivity index (χ0v) is 12.0. The first-order valence-electron chi connectivity index (χ1n) is 7.30. The predicted octanol–water partition coefficient (Wildman–Crippen LogP) is 1.65. The lowest BCUT2D eigenvalue weighted by Gasteiger charge is -2.32. The molecule has 1 aliphatic heterocycles. The lowest BCUT2D eigenvalue weighted by Crippen LogP contribution is -2.44. The quantitative estimate of drug-likeness (QED) is 0.652. The SMILES string of the molecule is CC(C)CNCCCCCN1CCN(C)CC1. The minimum absolute atomic E-state index is 0.778. The number of rotatable bonds is 8. The number of nitrogens with zero attached hydrogens (tertiary/aromatic N) is 2. The fourth-order valence-corrected chi connectivity index (χ4v) is 2.22. The van der Waals surface area contributed by atoms with Crippen LogP contribution in [0, 0.1) is 5.92 Å². The van der Waals surface area contributed by atoms with Gasteiger partial charge in [-0.25, -0.2) is 0 Å². The molecular weight excluding hydrogens is 210 g/mol. The predicted molar refractivity (Wildman–Crippen MR) is 75.5 cm³/mol. The molecule has 0 radical (unpaired) electrons. The maximum atomic E-state index is 3.51. The minimum Gasteiger partial charge on any atom is -0.316 e. The average Bonchev–Trinajstić information content (AvgIpc) is 2.30. The largest absolute Gasteiger partial charge is 0.316 e. The third-order valence-electron chi connectivity index (χ3n) is 3.48. The summed E-state index contributed by atoms with van der Waals surface area (Å²) in [6.45, 7) is 13.2. The van der Waals surface area contributed by atoms with Crippen LogP contribution in [0.3, 0.4) is 0 Å². The van der Waals surface area contributed by atoms with Crippen LogP contribution in [0.4, 0.5) is 0 Å². The van der Waals surface area contributed by atoms with Crippen molar-refractivity contribution in [1.29, 1.82) is 0 Å². The van der Waals surface area contributed by atoms with Gasteiger partial charge in [0.05, 0.1) is 0 Å². The van der Waals surface area contributed by atoms with Crippen molar-refractivity contribution in [3.05, 3.63) is 0 Å². The summed E-state index contributed by atoms with van der Waals surface area (Å²) < 4.78 is 0. The molecule has 1 fully saturated rings. The molecule has 0 aliphatic carbocycles. The van der Waals surface area contributed by atoms with E-state index in [1.165, 1.54) is 65.1 Å². The topological polar surface area (TPSA) is 18.5 Å². The highest BCUT2D eigenvalue weighted by atomic mass is 15.2. The van der Waals surface area contributed by atoms with Gasteiger partial charge in [0, 0.05) is 26.2 Å². The highest BCUT2D eigenvalue weighted by Crippen LogP contribution is 2.03. The Hall–Kier alpha value is -0.120. The second-order valence-corrected chi connectivity index (χ2v) is 5.80. The summed E-state index contributed by atoms with van der Waals surface area (Å²) in [6, 6.07) is 0. The monoisotopic (exact) mass is 241 g/mol. The van der Waals surface area contributed by atoms with E-state index in [1.807, 2.05) is 0 Å². The van der Waals surface area contributed by atoms with Crippen LogP contribution in [-0.2, 0) is 0 Å². The van der Waals surface area contributed by atoms with E-state index in [9.17, 15) is 0 Å². The summed E-state index contributed by atoms with van der Waals surface area (Å²) in [7, 11) is 2.22. The van der Waals surface area contributed by atoms with Crippen LogP contribution in [0.5, 0.6) is 0 Å². The third kappa shape index (κ3) is 7.74. The lowest BCUT2D eigenvalue weighted by molar-refractivity contribution is 0.152. The number of likely N-dealkylation sites (N-methyl/N-ethyl adjacent to an activating group) is 1. The molecule has 1 saturated heterocycles. The van der Waals surface area contributed by atoms with E-state index in [-0.39, 0.29) is 0 Å². The van der Waals surface area contributed by atoms with Gasteiger partial charge in [0.15, 0.2) is 0 Å². The van der Waals surface area contributed by atoms with Crippen molar-refractivity contribution in [2.75, 3.05) is 52.9 Å². The molecule has 0 spiro atoms. The third-order valence-corrected chi connectivity index (χ3v) is 3.48. The van der Waals surface area contributed by atoms with Crippen molar-refractivity contribution in [3.8, 4) is 0 Å². The molecular formula is C14H31N3. The Kier molecular flexibility index (Phi) is 7.82. The van der Waals surface area contributed by atoms with Gasteiger partial charge in [-0.3, -0.25) is 0 Å². The Balaban J connectivity index is 1.84. The van der Waals surface area contributed by atoms with Gasteiger partial charge in [-0.15, -0.1) is 0 Å². The van der Waals surface area contributed by atoms with Crippen molar-refractivity contribution in [2.24, 2.45) is 5.92 Å². The minimum atomic E-state index is 0.778. The maximum Gasteiger partial charge on any atom is 0.0110 e. The van der Waals surface area contributed by atoms with Gasteiger partial charge in [-0.1, -0.05) is 20.3 Å². The van der Waals surface area contributed by atoms with Crippen LogP contribution in [-0.4, -0.2) is 62.7 Å². The molecule has 0 atom stereocenters. The smallest absolute Gasteiger partial charge is 0.0110 e. The molecule has 1 N–H and O–H groups in total. The average molecular weight is 241 g/mol. The summed E-state index contributed by atoms with van der Waals surface area (Å²) in [5, 5.41) is 3.51. The normalized spacial score (nSPS) is 19.1. The fourth-order valence-electron chi connectivity index (χ4n) is 2.22. The molecule has 0 amide bonds. The second kappa shape index (κ2) is 8.90. The van der Waals surface area contributed by atoms with Gasteiger partial charge in [0.25, 0.3) is 0 Å². The van der Waals surface area contributed by atoms with E-state index in [4.69, 9.17) is 0 Å². The first-order chi connectivity index (χ1) is 8.18. The molecule has 3 nitrogen and oxygen atoms in total. The highest BCUT2D eigenvalue weighted by molar-refractivity contribution is 4.68. The first kappa shape index (κ1) is 14.9. The standard InChI is InChI=1S/C14H31N3/c1-14(2)13-15-7-5-4-6-8-17-11-9-16(3)10-12-17/h14-15H,4-13H2,1-3H3. The summed E-state index contributed by atoms with van der Waals surface area (Å²) in [6.07, 6.45) is 4.07. The Morgan fingerprint density at radius 2 is 1.71 bits per heavy atom. The van der Waals surface area contributed by atoms with Crippen molar-refractivity contribution >= 4 is 0 Å². The van der Waals surface area contributed by atoms with E-state index in [2.05, 4.69) is 36.0 Å². The molecule has 0 unspecified atom stereocenters. The molecule has 3 heteroatoms. The second-order valence-electron chi connectivity index (χ2n) is 5.80. The summed E-state index contributed by atoms with van der Waals surface area (Å²) in [5.41, 5.74) is 0. The van der Waals surface area contributed by atoms with Crippen LogP contribution in [0.1, 0.15) is 33.1 Å². The van der Waals surface area contributed by atoms with Gasteiger partial charge in [-0.05, 0) is 45.4 Å². The Morgan fingerprint density at radius 1 is 1.00 bits per heavy atom. The Labute approximate surface area is 108 Å². The molecule has 1 rings (SSSR count). The van der Waals surface area contributed by atoms with Crippen LogP contribution in [0.2, 0.25) is 0 Å². The molecule has 1 aliphatic rings. The van der Waals surface area contributed by atoms with Crippen LogP contribution in [0.15, 0.2) is 0 Å². The molecule has 17 heavy (non-hydrogen) atoms. The van der Waals surface area contributed by atoms with Gasteiger partial charge in [0.2, 0.25) is 0 Å². The highest BCUT2D eigenvalue weighted by Gasteiger charge is 2.12. The summed E-state index contributed by atoms with van der Waals surface area (Å²) in [5.74, 6) is 0.778. The van der Waals surface area contributed by atoms with E-state index >= 15 is 0 Å². The summed E-state index contributed by atoms with van der Waals surface area (Å²) >= 11 is 0. The Bertz CT molecular complexity index is 174. The van der Waals surface area contributed by atoms with E-state index in [0.717, 1.165) is 5.92 Å². The molecule has 0 aromatic rings. The van der Waals surface area contributed by atoms with Crippen LogP contribution in [0.25, 0.3) is 0 Å².